The highest BCUT2D eigenvalue weighted by atomic mass is 16.4. The van der Waals surface area contributed by atoms with Crippen molar-refractivity contribution < 1.29 is 25.2 Å². The lowest BCUT2D eigenvalue weighted by atomic mass is 9.47. The molecule has 2 aliphatic carbocycles. The molecule has 0 radical (unpaired) electrons. The van der Waals surface area contributed by atoms with Crippen molar-refractivity contribution in [3.8, 4) is 0 Å². The molecule has 0 aromatic carbocycles. The maximum atomic E-state index is 10.8. The first-order valence-corrected chi connectivity index (χ1v) is 9.12. The molecule has 0 heterocycles. The van der Waals surface area contributed by atoms with Crippen molar-refractivity contribution in [2.24, 2.45) is 16.7 Å². The SMILES string of the molecule is CC(=CC(=O)O)CCC1=C(C)CC(O)C2C1(C)CCC(O)C2(C)CO. The highest BCUT2D eigenvalue weighted by molar-refractivity contribution is 5.80. The van der Waals surface area contributed by atoms with Gasteiger partial charge in [0.05, 0.1) is 18.8 Å². The smallest absolute Gasteiger partial charge is 0.328 e. The zero-order valence-corrected chi connectivity index (χ0v) is 15.7. The van der Waals surface area contributed by atoms with Gasteiger partial charge in [-0.2, -0.15) is 0 Å². The average molecular weight is 352 g/mol. The highest BCUT2D eigenvalue weighted by Gasteiger charge is 2.58. The standard InChI is InChI=1S/C20H32O5/c1-12(9-17(24)25)5-6-14-13(2)10-15(22)18-19(14,3)8-7-16(23)20(18,4)11-21/h9,15-16,18,21-23H,5-8,10-11H2,1-4H3,(H,24,25). The molecule has 25 heavy (non-hydrogen) atoms. The molecule has 2 aliphatic rings. The van der Waals surface area contributed by atoms with E-state index in [1.54, 1.807) is 0 Å². The first kappa shape index (κ1) is 20.1. The van der Waals surface area contributed by atoms with Gasteiger partial charge < -0.3 is 20.4 Å². The summed E-state index contributed by atoms with van der Waals surface area (Å²) in [5.74, 6) is -1.14. The van der Waals surface area contributed by atoms with Crippen LogP contribution in [0.2, 0.25) is 0 Å². The van der Waals surface area contributed by atoms with Gasteiger partial charge in [-0.3, -0.25) is 0 Å². The fraction of sp³-hybridized carbons (Fsp3) is 0.750. The summed E-state index contributed by atoms with van der Waals surface area (Å²) in [6, 6.07) is 0. The molecule has 5 heteroatoms. The Kier molecular flexibility index (Phi) is 5.81. The van der Waals surface area contributed by atoms with Crippen LogP contribution in [0.3, 0.4) is 0 Å². The van der Waals surface area contributed by atoms with E-state index in [1.807, 2.05) is 20.8 Å². The summed E-state index contributed by atoms with van der Waals surface area (Å²) in [6.07, 6.45) is 3.34. The number of carboxylic acid groups (broad SMARTS) is 1. The summed E-state index contributed by atoms with van der Waals surface area (Å²) < 4.78 is 0. The Hall–Kier alpha value is -1.17. The average Bonchev–Trinajstić information content (AvgIpc) is 2.49. The van der Waals surface area contributed by atoms with E-state index in [4.69, 9.17) is 5.11 Å². The number of aliphatic hydroxyl groups is 3. The fourth-order valence-electron chi connectivity index (χ4n) is 5.41. The molecule has 2 rings (SSSR count). The molecule has 4 N–H and O–H groups in total. The minimum atomic E-state index is -0.931. The summed E-state index contributed by atoms with van der Waals surface area (Å²) in [5.41, 5.74) is 2.21. The zero-order chi connectivity index (χ0) is 19.0. The van der Waals surface area contributed by atoms with Crippen LogP contribution in [0.4, 0.5) is 0 Å². The predicted molar refractivity (Wildman–Crippen MR) is 96.0 cm³/mol. The number of aliphatic carboxylic acids is 1. The van der Waals surface area contributed by atoms with Crippen molar-refractivity contribution in [2.75, 3.05) is 6.61 Å². The van der Waals surface area contributed by atoms with Gasteiger partial charge in [0.25, 0.3) is 0 Å². The second-order valence-electron chi connectivity index (χ2n) is 8.47. The molecule has 0 bridgehead atoms. The molecular formula is C20H32O5. The Morgan fingerprint density at radius 1 is 1.32 bits per heavy atom. The fourth-order valence-corrected chi connectivity index (χ4v) is 5.41. The lowest BCUT2D eigenvalue weighted by Crippen LogP contribution is -2.59. The van der Waals surface area contributed by atoms with Crippen molar-refractivity contribution in [1.82, 2.24) is 0 Å². The third-order valence-corrected chi connectivity index (χ3v) is 6.68. The first-order chi connectivity index (χ1) is 11.6. The topological polar surface area (TPSA) is 98.0 Å². The maximum Gasteiger partial charge on any atom is 0.328 e. The van der Waals surface area contributed by atoms with Crippen molar-refractivity contribution in [1.29, 1.82) is 0 Å². The predicted octanol–water partition coefficient (Wildman–Crippen LogP) is 2.65. The van der Waals surface area contributed by atoms with Gasteiger partial charge in [0.15, 0.2) is 0 Å². The highest BCUT2D eigenvalue weighted by Crippen LogP contribution is 2.60. The molecule has 5 nitrogen and oxygen atoms in total. The molecule has 0 aromatic heterocycles. The summed E-state index contributed by atoms with van der Waals surface area (Å²) in [6.45, 7) is 7.71. The van der Waals surface area contributed by atoms with E-state index in [0.29, 0.717) is 19.3 Å². The summed E-state index contributed by atoms with van der Waals surface area (Å²) in [5, 5.41) is 40.2. The van der Waals surface area contributed by atoms with Crippen molar-refractivity contribution >= 4 is 5.97 Å². The van der Waals surface area contributed by atoms with E-state index >= 15 is 0 Å². The minimum Gasteiger partial charge on any atom is -0.478 e. The minimum absolute atomic E-state index is 0.157. The molecule has 0 aliphatic heterocycles. The number of carbonyl (C=O) groups is 1. The number of allylic oxidation sites excluding steroid dienone is 2. The second kappa shape index (κ2) is 7.22. The van der Waals surface area contributed by atoms with Crippen LogP contribution >= 0.6 is 0 Å². The summed E-state index contributed by atoms with van der Waals surface area (Å²) in [7, 11) is 0. The quantitative estimate of drug-likeness (QED) is 0.450. The molecule has 1 saturated carbocycles. The number of hydrogen-bond acceptors (Lipinski definition) is 4. The monoisotopic (exact) mass is 352 g/mol. The van der Waals surface area contributed by atoms with Crippen molar-refractivity contribution in [2.45, 2.75) is 72.0 Å². The zero-order valence-electron chi connectivity index (χ0n) is 15.7. The van der Waals surface area contributed by atoms with Gasteiger partial charge in [-0.15, -0.1) is 0 Å². The molecule has 5 atom stereocenters. The number of hydrogen-bond donors (Lipinski definition) is 4. The molecule has 5 unspecified atom stereocenters. The lowest BCUT2D eigenvalue weighted by Gasteiger charge is -2.59. The summed E-state index contributed by atoms with van der Waals surface area (Å²) in [4.78, 5) is 10.8. The first-order valence-electron chi connectivity index (χ1n) is 9.12. The molecular weight excluding hydrogens is 320 g/mol. The van der Waals surface area contributed by atoms with Crippen molar-refractivity contribution in [3.05, 3.63) is 22.8 Å². The third kappa shape index (κ3) is 3.55. The normalized spacial score (nSPS) is 39.3. The molecule has 0 amide bonds. The van der Waals surface area contributed by atoms with Crippen LogP contribution in [0.1, 0.15) is 59.8 Å². The van der Waals surface area contributed by atoms with Gasteiger partial charge in [-0.1, -0.05) is 30.6 Å². The van der Waals surface area contributed by atoms with Gasteiger partial charge in [0, 0.05) is 17.4 Å². The van der Waals surface area contributed by atoms with Gasteiger partial charge in [0.2, 0.25) is 0 Å². The Morgan fingerprint density at radius 3 is 2.52 bits per heavy atom. The van der Waals surface area contributed by atoms with E-state index in [9.17, 15) is 20.1 Å². The number of carboxylic acids is 1. The Bertz CT molecular complexity index is 593. The van der Waals surface area contributed by atoms with Gasteiger partial charge in [0.1, 0.15) is 0 Å². The van der Waals surface area contributed by atoms with E-state index in [1.165, 1.54) is 11.6 Å². The van der Waals surface area contributed by atoms with Crippen LogP contribution < -0.4 is 0 Å². The van der Waals surface area contributed by atoms with Crippen LogP contribution in [0, 0.1) is 16.7 Å². The molecule has 1 fully saturated rings. The van der Waals surface area contributed by atoms with Crippen LogP contribution in [0.5, 0.6) is 0 Å². The summed E-state index contributed by atoms with van der Waals surface area (Å²) >= 11 is 0. The van der Waals surface area contributed by atoms with Gasteiger partial charge in [-0.05, 0) is 51.4 Å². The number of fused-ring (bicyclic) bond motifs is 1. The van der Waals surface area contributed by atoms with E-state index in [-0.39, 0.29) is 17.9 Å². The number of aliphatic hydroxyl groups excluding tert-OH is 3. The van der Waals surface area contributed by atoms with Crippen molar-refractivity contribution in [3.63, 3.8) is 0 Å². The molecule has 0 aromatic rings. The van der Waals surface area contributed by atoms with E-state index in [2.05, 4.69) is 6.92 Å². The van der Waals surface area contributed by atoms with Crippen LogP contribution in [-0.4, -0.2) is 45.2 Å². The Labute approximate surface area is 150 Å². The molecule has 0 spiro atoms. The Balaban J connectivity index is 2.37. The largest absolute Gasteiger partial charge is 0.478 e. The van der Waals surface area contributed by atoms with E-state index in [0.717, 1.165) is 24.0 Å². The van der Waals surface area contributed by atoms with Crippen LogP contribution in [-0.2, 0) is 4.79 Å². The van der Waals surface area contributed by atoms with Crippen LogP contribution in [0.25, 0.3) is 0 Å². The maximum absolute atomic E-state index is 10.8. The molecule has 142 valence electrons. The molecule has 0 saturated heterocycles. The van der Waals surface area contributed by atoms with Gasteiger partial charge >= 0.3 is 5.97 Å². The van der Waals surface area contributed by atoms with Crippen LogP contribution in [0.15, 0.2) is 22.8 Å². The van der Waals surface area contributed by atoms with Gasteiger partial charge in [-0.25, -0.2) is 4.79 Å². The second-order valence-corrected chi connectivity index (χ2v) is 8.47. The Morgan fingerprint density at radius 2 is 1.96 bits per heavy atom. The number of rotatable bonds is 5. The lowest BCUT2D eigenvalue weighted by molar-refractivity contribution is -0.160. The van der Waals surface area contributed by atoms with E-state index < -0.39 is 23.6 Å². The third-order valence-electron chi connectivity index (χ3n) is 6.68.